The van der Waals surface area contributed by atoms with Gasteiger partial charge in [0.05, 0.1) is 11.4 Å². The number of fused-ring (bicyclic) bond motifs is 4. The van der Waals surface area contributed by atoms with Crippen LogP contribution in [0.4, 0.5) is 0 Å². The van der Waals surface area contributed by atoms with Crippen LogP contribution < -0.4 is 0 Å². The normalized spacial score (nSPS) is 13.1. The van der Waals surface area contributed by atoms with Crippen molar-refractivity contribution in [3.63, 3.8) is 0 Å². The van der Waals surface area contributed by atoms with E-state index in [2.05, 4.69) is 141 Å². The van der Waals surface area contributed by atoms with Gasteiger partial charge in [0.25, 0.3) is 0 Å². The molecule has 0 unspecified atom stereocenters. The Hall–Kier alpha value is -5.34. The van der Waals surface area contributed by atoms with E-state index in [0.717, 1.165) is 28.3 Å². The topological polar surface area (TPSA) is 25.8 Å². The van der Waals surface area contributed by atoms with Crippen LogP contribution in [0.3, 0.4) is 0 Å². The minimum atomic E-state index is -0.258. The van der Waals surface area contributed by atoms with Gasteiger partial charge in [-0.15, -0.1) is 0 Å². The van der Waals surface area contributed by atoms with Gasteiger partial charge in [-0.1, -0.05) is 147 Å². The van der Waals surface area contributed by atoms with Crippen LogP contribution >= 0.6 is 0 Å². The van der Waals surface area contributed by atoms with Gasteiger partial charge < -0.3 is 0 Å². The summed E-state index contributed by atoms with van der Waals surface area (Å²) in [5, 5.41) is 2.53. The molecule has 0 N–H and O–H groups in total. The number of benzene rings is 6. The lowest BCUT2D eigenvalue weighted by Crippen LogP contribution is -2.17. The van der Waals surface area contributed by atoms with Crippen molar-refractivity contribution in [1.29, 1.82) is 0 Å². The lowest BCUT2D eigenvalue weighted by molar-refractivity contribution is 0.658. The van der Waals surface area contributed by atoms with Crippen LogP contribution in [0.5, 0.6) is 0 Å². The van der Waals surface area contributed by atoms with Crippen LogP contribution in [0.25, 0.3) is 66.9 Å². The Bertz CT molecular complexity index is 2130. The summed E-state index contributed by atoms with van der Waals surface area (Å²) in [6.07, 6.45) is 0. The second kappa shape index (κ2) is 9.89. The first-order chi connectivity index (χ1) is 21.1. The fraction of sp³-hybridized carbons (Fsp3) is 0.0732. The van der Waals surface area contributed by atoms with E-state index >= 15 is 0 Å². The van der Waals surface area contributed by atoms with Crippen molar-refractivity contribution < 1.29 is 0 Å². The smallest absolute Gasteiger partial charge is 0.160 e. The third kappa shape index (κ3) is 4.26. The molecule has 1 aliphatic rings. The van der Waals surface area contributed by atoms with Crippen LogP contribution in [0.15, 0.2) is 146 Å². The molecule has 0 aliphatic heterocycles. The maximum atomic E-state index is 5.20. The number of aromatic nitrogens is 2. The molecule has 0 radical (unpaired) electrons. The van der Waals surface area contributed by atoms with Crippen molar-refractivity contribution in [3.8, 4) is 56.2 Å². The minimum Gasteiger partial charge on any atom is -0.228 e. The van der Waals surface area contributed by atoms with Gasteiger partial charge in [0, 0.05) is 27.7 Å². The first kappa shape index (κ1) is 25.4. The fourth-order valence-corrected chi connectivity index (χ4v) is 6.57. The number of hydrogen-bond donors (Lipinski definition) is 0. The van der Waals surface area contributed by atoms with E-state index in [0.29, 0.717) is 0 Å². The summed E-state index contributed by atoms with van der Waals surface area (Å²) in [6.45, 7) is 4.62. The molecule has 0 fully saturated rings. The molecule has 204 valence electrons. The van der Waals surface area contributed by atoms with E-state index in [1.165, 1.54) is 49.7 Å². The molecule has 43 heavy (non-hydrogen) atoms. The van der Waals surface area contributed by atoms with E-state index in [1.54, 1.807) is 0 Å². The average molecular weight is 551 g/mol. The van der Waals surface area contributed by atoms with E-state index in [1.807, 2.05) is 18.2 Å². The van der Waals surface area contributed by atoms with Crippen molar-refractivity contribution in [2.24, 2.45) is 0 Å². The van der Waals surface area contributed by atoms with Crippen LogP contribution in [-0.2, 0) is 5.41 Å². The highest BCUT2D eigenvalue weighted by Crippen LogP contribution is 2.52. The highest BCUT2D eigenvalue weighted by molar-refractivity contribution is 5.89. The molecule has 8 rings (SSSR count). The number of nitrogens with zero attached hydrogens (tertiary/aromatic N) is 2. The number of rotatable bonds is 4. The van der Waals surface area contributed by atoms with E-state index in [4.69, 9.17) is 9.97 Å². The van der Waals surface area contributed by atoms with Crippen LogP contribution in [0.2, 0.25) is 0 Å². The molecular formula is C41H30N2. The minimum absolute atomic E-state index is 0.258. The van der Waals surface area contributed by atoms with E-state index in [-0.39, 0.29) is 5.41 Å². The van der Waals surface area contributed by atoms with Crippen LogP contribution in [0.1, 0.15) is 25.0 Å². The van der Waals surface area contributed by atoms with Gasteiger partial charge in [-0.3, -0.25) is 0 Å². The average Bonchev–Trinajstić information content (AvgIpc) is 3.30. The Kier molecular flexibility index (Phi) is 5.84. The molecule has 2 heteroatoms. The zero-order chi connectivity index (χ0) is 29.0. The predicted octanol–water partition coefficient (Wildman–Crippen LogP) is 10.6. The lowest BCUT2D eigenvalue weighted by Gasteiger charge is -2.24. The molecule has 0 bridgehead atoms. The first-order valence-corrected chi connectivity index (χ1v) is 14.8. The summed E-state index contributed by atoms with van der Waals surface area (Å²) < 4.78 is 0. The zero-order valence-electron chi connectivity index (χ0n) is 24.3. The third-order valence-electron chi connectivity index (χ3n) is 8.86. The van der Waals surface area contributed by atoms with E-state index < -0.39 is 0 Å². The van der Waals surface area contributed by atoms with Gasteiger partial charge >= 0.3 is 0 Å². The largest absolute Gasteiger partial charge is 0.228 e. The molecule has 0 amide bonds. The van der Waals surface area contributed by atoms with Gasteiger partial charge in [-0.25, -0.2) is 9.97 Å². The summed E-state index contributed by atoms with van der Waals surface area (Å²) >= 11 is 0. The van der Waals surface area contributed by atoms with Crippen molar-refractivity contribution in [3.05, 3.63) is 157 Å². The lowest BCUT2D eigenvalue weighted by atomic mass is 9.80. The molecule has 1 aliphatic carbocycles. The summed E-state index contributed by atoms with van der Waals surface area (Å²) in [5.74, 6) is 0.759. The second-order valence-corrected chi connectivity index (χ2v) is 11.9. The predicted molar refractivity (Wildman–Crippen MR) is 179 cm³/mol. The fourth-order valence-electron chi connectivity index (χ4n) is 6.57. The van der Waals surface area contributed by atoms with Crippen molar-refractivity contribution in [2.45, 2.75) is 19.3 Å². The Labute approximate surface area is 252 Å². The van der Waals surface area contributed by atoms with Gasteiger partial charge in [0.2, 0.25) is 0 Å². The molecule has 0 saturated carbocycles. The first-order valence-electron chi connectivity index (χ1n) is 14.8. The molecule has 2 nitrogen and oxygen atoms in total. The molecule has 1 aromatic heterocycles. The molecule has 6 aromatic carbocycles. The molecule has 1 heterocycles. The Morgan fingerprint density at radius 2 is 0.953 bits per heavy atom. The van der Waals surface area contributed by atoms with E-state index in [9.17, 15) is 0 Å². The summed E-state index contributed by atoms with van der Waals surface area (Å²) in [4.78, 5) is 10.4. The summed E-state index contributed by atoms with van der Waals surface area (Å²) in [7, 11) is 0. The second-order valence-electron chi connectivity index (χ2n) is 11.9. The molecule has 7 aromatic rings. The standard InChI is InChI=1S/C41H30N2/c1-41(2)36-26-34(29-19-17-28(18-20-29)33-22-21-27-11-9-10-16-32(27)25-33)23-24-35(36)39-37(41)38(30-12-5-3-6-13-30)42-40(43-39)31-14-7-4-8-15-31/h3-26H,1-2H3. The van der Waals surface area contributed by atoms with Crippen LogP contribution in [0, 0.1) is 0 Å². The Morgan fingerprint density at radius 3 is 1.65 bits per heavy atom. The third-order valence-corrected chi connectivity index (χ3v) is 8.86. The monoisotopic (exact) mass is 550 g/mol. The summed E-state index contributed by atoms with van der Waals surface area (Å²) in [5.41, 5.74) is 12.5. The molecule has 0 saturated heterocycles. The molecule has 0 atom stereocenters. The van der Waals surface area contributed by atoms with Gasteiger partial charge in [-0.2, -0.15) is 0 Å². The van der Waals surface area contributed by atoms with Crippen molar-refractivity contribution in [2.75, 3.05) is 0 Å². The van der Waals surface area contributed by atoms with Gasteiger partial charge in [0.15, 0.2) is 5.82 Å². The Balaban J connectivity index is 1.22. The summed E-state index contributed by atoms with van der Waals surface area (Å²) in [6, 6.07) is 51.8. The van der Waals surface area contributed by atoms with Crippen molar-refractivity contribution in [1.82, 2.24) is 9.97 Å². The molecular weight excluding hydrogens is 520 g/mol. The maximum absolute atomic E-state index is 5.20. The van der Waals surface area contributed by atoms with Gasteiger partial charge in [-0.05, 0) is 50.7 Å². The zero-order valence-corrected chi connectivity index (χ0v) is 24.3. The van der Waals surface area contributed by atoms with Crippen molar-refractivity contribution >= 4 is 10.8 Å². The SMILES string of the molecule is CC1(C)c2cc(-c3ccc(-c4ccc5ccccc5c4)cc3)ccc2-c2nc(-c3ccccc3)nc(-c3ccccc3)c21. The molecule has 0 spiro atoms. The highest BCUT2D eigenvalue weighted by Gasteiger charge is 2.40. The maximum Gasteiger partial charge on any atom is 0.160 e. The van der Waals surface area contributed by atoms with Gasteiger partial charge in [0.1, 0.15) is 0 Å². The highest BCUT2D eigenvalue weighted by atomic mass is 14.9. The van der Waals surface area contributed by atoms with Crippen LogP contribution in [-0.4, -0.2) is 9.97 Å². The quantitative estimate of drug-likeness (QED) is 0.218. The Morgan fingerprint density at radius 1 is 0.419 bits per heavy atom. The number of hydrogen-bond acceptors (Lipinski definition) is 2.